The van der Waals surface area contributed by atoms with Gasteiger partial charge in [-0.15, -0.1) is 0 Å². The summed E-state index contributed by atoms with van der Waals surface area (Å²) in [5.41, 5.74) is 8.79. The first-order chi connectivity index (χ1) is 14.8. The molecule has 0 bridgehead atoms. The number of halogens is 1. The molecule has 2 aromatic carbocycles. The highest BCUT2D eigenvalue weighted by molar-refractivity contribution is 6.30. The van der Waals surface area contributed by atoms with Crippen LogP contribution in [0.4, 0.5) is 0 Å². The maximum Gasteiger partial charge on any atom is 0.255 e. The quantitative estimate of drug-likeness (QED) is 0.607. The summed E-state index contributed by atoms with van der Waals surface area (Å²) in [4.78, 5) is 50.1. The van der Waals surface area contributed by atoms with Gasteiger partial charge in [-0.25, -0.2) is 0 Å². The average Bonchev–Trinajstić information content (AvgIpc) is 3.07. The number of hydrogen-bond acceptors (Lipinski definition) is 5. The molecule has 2 unspecified atom stereocenters. The van der Waals surface area contributed by atoms with Crippen LogP contribution in [-0.2, 0) is 27.5 Å². The molecule has 2 atom stereocenters. The van der Waals surface area contributed by atoms with Crippen LogP contribution in [0.25, 0.3) is 0 Å². The van der Waals surface area contributed by atoms with Crippen LogP contribution >= 0.6 is 11.6 Å². The van der Waals surface area contributed by atoms with Gasteiger partial charge in [-0.3, -0.25) is 24.5 Å². The molecule has 0 spiro atoms. The van der Waals surface area contributed by atoms with Gasteiger partial charge in [0.2, 0.25) is 17.7 Å². The van der Waals surface area contributed by atoms with Crippen molar-refractivity contribution in [1.29, 1.82) is 0 Å². The molecule has 0 aromatic heterocycles. The van der Waals surface area contributed by atoms with Crippen molar-refractivity contribution in [2.24, 2.45) is 5.73 Å². The number of amides is 4. The van der Waals surface area contributed by atoms with Crippen molar-refractivity contribution in [3.8, 4) is 0 Å². The number of benzene rings is 2. The zero-order chi connectivity index (χ0) is 22.1. The highest BCUT2D eigenvalue weighted by atomic mass is 35.5. The Kier molecular flexibility index (Phi) is 5.75. The van der Waals surface area contributed by atoms with E-state index in [4.69, 9.17) is 17.3 Å². The van der Waals surface area contributed by atoms with Crippen molar-refractivity contribution in [1.82, 2.24) is 15.5 Å². The number of carbonyl (C=O) groups excluding carboxylic acids is 4. The van der Waals surface area contributed by atoms with E-state index in [1.165, 1.54) is 4.90 Å². The SMILES string of the molecule is NC(C(=O)NCc1ccc2c(c1)CN(C1CCC(=O)NC1=O)C2=O)c1ccc(Cl)cc1. The molecular formula is C22H21ClN4O4. The molecule has 9 heteroatoms. The summed E-state index contributed by atoms with van der Waals surface area (Å²) in [6, 6.07) is 10.6. The van der Waals surface area contributed by atoms with Gasteiger partial charge in [0.05, 0.1) is 0 Å². The lowest BCUT2D eigenvalue weighted by atomic mass is 10.0. The van der Waals surface area contributed by atoms with E-state index in [0.717, 1.165) is 11.1 Å². The Bertz CT molecular complexity index is 1070. The molecule has 2 heterocycles. The van der Waals surface area contributed by atoms with Crippen molar-refractivity contribution in [3.05, 3.63) is 69.7 Å². The molecule has 4 N–H and O–H groups in total. The minimum Gasteiger partial charge on any atom is -0.350 e. The van der Waals surface area contributed by atoms with Crippen molar-refractivity contribution < 1.29 is 19.2 Å². The van der Waals surface area contributed by atoms with Gasteiger partial charge in [-0.1, -0.05) is 35.9 Å². The van der Waals surface area contributed by atoms with E-state index in [1.807, 2.05) is 6.07 Å². The lowest BCUT2D eigenvalue weighted by Gasteiger charge is -2.29. The van der Waals surface area contributed by atoms with Gasteiger partial charge in [0.1, 0.15) is 12.1 Å². The number of rotatable bonds is 5. The molecule has 31 heavy (non-hydrogen) atoms. The Morgan fingerprint density at radius 3 is 2.65 bits per heavy atom. The van der Waals surface area contributed by atoms with Crippen molar-refractivity contribution in [3.63, 3.8) is 0 Å². The lowest BCUT2D eigenvalue weighted by molar-refractivity contribution is -0.137. The first-order valence-corrected chi connectivity index (χ1v) is 10.3. The van der Waals surface area contributed by atoms with Crippen LogP contribution in [0, 0.1) is 0 Å². The summed E-state index contributed by atoms with van der Waals surface area (Å²) in [6.45, 7) is 0.534. The minimum atomic E-state index is -0.823. The van der Waals surface area contributed by atoms with Crippen molar-refractivity contribution in [2.75, 3.05) is 0 Å². The number of hydrogen-bond donors (Lipinski definition) is 3. The van der Waals surface area contributed by atoms with Crippen LogP contribution in [0.2, 0.25) is 5.02 Å². The average molecular weight is 441 g/mol. The Hall–Kier alpha value is -3.23. The van der Waals surface area contributed by atoms with Gasteiger partial charge in [-0.05, 0) is 41.3 Å². The number of carbonyl (C=O) groups is 4. The number of fused-ring (bicyclic) bond motifs is 1. The minimum absolute atomic E-state index is 0.210. The number of imide groups is 1. The predicted octanol–water partition coefficient (Wildman–Crippen LogP) is 1.42. The van der Waals surface area contributed by atoms with Crippen LogP contribution in [0.5, 0.6) is 0 Å². The Morgan fingerprint density at radius 1 is 1.19 bits per heavy atom. The van der Waals surface area contributed by atoms with Crippen molar-refractivity contribution >= 4 is 35.2 Å². The summed E-state index contributed by atoms with van der Waals surface area (Å²) in [6.07, 6.45) is 0.525. The maximum atomic E-state index is 12.7. The third-order valence-electron chi connectivity index (χ3n) is 5.57. The normalized spacial score (nSPS) is 19.1. The van der Waals surface area contributed by atoms with Gasteiger partial charge in [0.25, 0.3) is 5.91 Å². The molecule has 4 rings (SSSR count). The summed E-state index contributed by atoms with van der Waals surface area (Å²) in [5, 5.41) is 5.66. The van der Waals surface area contributed by atoms with Crippen LogP contribution in [-0.4, -0.2) is 34.6 Å². The summed E-state index contributed by atoms with van der Waals surface area (Å²) < 4.78 is 0. The van der Waals surface area contributed by atoms with E-state index in [1.54, 1.807) is 36.4 Å². The molecule has 4 amide bonds. The number of piperidine rings is 1. The van der Waals surface area contributed by atoms with Gasteiger partial charge in [0.15, 0.2) is 0 Å². The van der Waals surface area contributed by atoms with Gasteiger partial charge >= 0.3 is 0 Å². The molecule has 1 saturated heterocycles. The molecule has 2 aliphatic heterocycles. The second-order valence-electron chi connectivity index (χ2n) is 7.64. The first-order valence-electron chi connectivity index (χ1n) is 9.88. The predicted molar refractivity (Wildman–Crippen MR) is 113 cm³/mol. The fraction of sp³-hybridized carbons (Fsp3) is 0.273. The molecule has 0 radical (unpaired) electrons. The third-order valence-corrected chi connectivity index (χ3v) is 5.82. The molecular weight excluding hydrogens is 420 g/mol. The van der Waals surface area contributed by atoms with Gasteiger partial charge < -0.3 is 16.0 Å². The molecule has 2 aliphatic rings. The molecule has 0 saturated carbocycles. The topological polar surface area (TPSA) is 122 Å². The second-order valence-corrected chi connectivity index (χ2v) is 8.07. The smallest absolute Gasteiger partial charge is 0.255 e. The standard InChI is InChI=1S/C22H21ClN4O4/c23-15-4-2-13(3-5-15)19(24)21(30)25-10-12-1-6-16-14(9-12)11-27(22(16)31)17-7-8-18(28)26-20(17)29/h1-6,9,17,19H,7-8,10-11,24H2,(H,25,30)(H,26,28,29). The third kappa shape index (κ3) is 4.30. The van der Waals surface area contributed by atoms with Gasteiger partial charge in [-0.2, -0.15) is 0 Å². The highest BCUT2D eigenvalue weighted by Crippen LogP contribution is 2.28. The highest BCUT2D eigenvalue weighted by Gasteiger charge is 2.39. The fourth-order valence-corrected chi connectivity index (χ4v) is 3.98. The first kappa shape index (κ1) is 21.0. The number of nitrogens with two attached hydrogens (primary N) is 1. The molecule has 2 aromatic rings. The van der Waals surface area contributed by atoms with Crippen LogP contribution in [0.1, 0.15) is 45.9 Å². The number of nitrogens with zero attached hydrogens (tertiary/aromatic N) is 1. The summed E-state index contributed by atoms with van der Waals surface area (Å²) in [7, 11) is 0. The maximum absolute atomic E-state index is 12.7. The largest absolute Gasteiger partial charge is 0.350 e. The van der Waals surface area contributed by atoms with E-state index in [9.17, 15) is 19.2 Å². The Labute approximate surface area is 183 Å². The van der Waals surface area contributed by atoms with Crippen LogP contribution < -0.4 is 16.4 Å². The van der Waals surface area contributed by atoms with Crippen LogP contribution in [0.3, 0.4) is 0 Å². The number of nitrogens with one attached hydrogen (secondary N) is 2. The van der Waals surface area contributed by atoms with E-state index >= 15 is 0 Å². The monoisotopic (exact) mass is 440 g/mol. The summed E-state index contributed by atoms with van der Waals surface area (Å²) >= 11 is 5.86. The van der Waals surface area contributed by atoms with Crippen molar-refractivity contribution in [2.45, 2.75) is 38.0 Å². The summed E-state index contributed by atoms with van der Waals surface area (Å²) in [5.74, 6) is -1.32. The van der Waals surface area contributed by atoms with E-state index in [0.29, 0.717) is 22.6 Å². The zero-order valence-corrected chi connectivity index (χ0v) is 17.3. The van der Waals surface area contributed by atoms with E-state index < -0.39 is 18.0 Å². The zero-order valence-electron chi connectivity index (χ0n) is 16.6. The molecule has 0 aliphatic carbocycles. The Balaban J connectivity index is 1.40. The Morgan fingerprint density at radius 2 is 1.94 bits per heavy atom. The van der Waals surface area contributed by atoms with Crippen LogP contribution in [0.15, 0.2) is 42.5 Å². The van der Waals surface area contributed by atoms with E-state index in [2.05, 4.69) is 10.6 Å². The molecule has 8 nitrogen and oxygen atoms in total. The lowest BCUT2D eigenvalue weighted by Crippen LogP contribution is -2.52. The molecule has 160 valence electrons. The fourth-order valence-electron chi connectivity index (χ4n) is 3.86. The molecule has 1 fully saturated rings. The van der Waals surface area contributed by atoms with E-state index in [-0.39, 0.29) is 37.2 Å². The second kappa shape index (κ2) is 8.49. The van der Waals surface area contributed by atoms with Gasteiger partial charge in [0, 0.05) is 30.1 Å².